The maximum atomic E-state index is 13.0. The molecule has 2 N–H and O–H groups in total. The second-order valence-electron chi connectivity index (χ2n) is 2.63. The fourth-order valence-corrected chi connectivity index (χ4v) is 1.12. The minimum atomic E-state index is -1.78. The third-order valence-electron chi connectivity index (χ3n) is 1.72. The van der Waals surface area contributed by atoms with Crippen molar-refractivity contribution in [1.29, 1.82) is 0 Å². The molecule has 3 nitrogen and oxygen atoms in total. The number of methoxy groups -OCH3 is 1. The van der Waals surface area contributed by atoms with Gasteiger partial charge in [-0.1, -0.05) is 0 Å². The van der Waals surface area contributed by atoms with E-state index in [-0.39, 0.29) is 31.3 Å². The first-order chi connectivity index (χ1) is 4.58. The zero-order valence-electron chi connectivity index (χ0n) is 6.17. The van der Waals surface area contributed by atoms with Gasteiger partial charge in [0.1, 0.15) is 0 Å². The minimum absolute atomic E-state index is 0. The predicted molar refractivity (Wildman–Crippen MR) is 40.3 cm³/mol. The molecule has 1 aliphatic rings. The lowest BCUT2D eigenvalue weighted by Gasteiger charge is -2.36. The Morgan fingerprint density at radius 1 is 1.73 bits per heavy atom. The highest BCUT2D eigenvalue weighted by molar-refractivity contribution is 5.85. The number of ether oxygens (including phenoxy) is 1. The van der Waals surface area contributed by atoms with Crippen LogP contribution in [-0.2, 0) is 9.53 Å². The number of rotatable bonds is 1. The summed E-state index contributed by atoms with van der Waals surface area (Å²) in [5, 5.41) is 0. The average molecular weight is 184 g/mol. The Morgan fingerprint density at radius 3 is 2.45 bits per heavy atom. The van der Waals surface area contributed by atoms with Gasteiger partial charge in [0.15, 0.2) is 0 Å². The van der Waals surface area contributed by atoms with Gasteiger partial charge >= 0.3 is 5.97 Å². The monoisotopic (exact) mass is 183 g/mol. The van der Waals surface area contributed by atoms with Gasteiger partial charge in [-0.3, -0.25) is 0 Å². The summed E-state index contributed by atoms with van der Waals surface area (Å²) in [4.78, 5) is 10.6. The van der Waals surface area contributed by atoms with Crippen molar-refractivity contribution in [1.82, 2.24) is 0 Å². The zero-order chi connectivity index (χ0) is 7.78. The molecule has 0 aromatic rings. The number of halogens is 2. The molecule has 1 rings (SSSR count). The van der Waals surface area contributed by atoms with Gasteiger partial charge in [0, 0.05) is 18.9 Å². The number of nitrogens with two attached hydrogens (primary N) is 1. The van der Waals surface area contributed by atoms with E-state index in [1.54, 1.807) is 0 Å². The highest BCUT2D eigenvalue weighted by Crippen LogP contribution is 2.35. The van der Waals surface area contributed by atoms with E-state index in [2.05, 4.69) is 4.74 Å². The summed E-state index contributed by atoms with van der Waals surface area (Å²) in [6.07, 6.45) is 0.194. The van der Waals surface area contributed by atoms with Crippen LogP contribution in [0.1, 0.15) is 12.8 Å². The van der Waals surface area contributed by atoms with E-state index >= 15 is 0 Å². The number of alkyl halides is 1. The van der Waals surface area contributed by atoms with Crippen molar-refractivity contribution in [2.45, 2.75) is 24.6 Å². The lowest BCUT2D eigenvalue weighted by molar-refractivity contribution is -0.162. The molecule has 0 amide bonds. The molecular weight excluding hydrogens is 173 g/mol. The van der Waals surface area contributed by atoms with Crippen molar-refractivity contribution in [3.63, 3.8) is 0 Å². The van der Waals surface area contributed by atoms with Gasteiger partial charge in [0.2, 0.25) is 5.67 Å². The van der Waals surface area contributed by atoms with Crippen LogP contribution in [0.25, 0.3) is 0 Å². The van der Waals surface area contributed by atoms with Crippen LogP contribution in [0.15, 0.2) is 0 Å². The molecule has 1 saturated carbocycles. The summed E-state index contributed by atoms with van der Waals surface area (Å²) in [6.45, 7) is 0. The molecule has 1 fully saturated rings. The smallest absolute Gasteiger partial charge is 0.343 e. The summed E-state index contributed by atoms with van der Waals surface area (Å²) in [5.74, 6) is -0.797. The van der Waals surface area contributed by atoms with Crippen LogP contribution in [0.2, 0.25) is 0 Å². The standard InChI is InChI=1S/C6H10FNO2.ClH/c1-10-5(9)6(7)2-4(8)3-6;/h4H,2-3,8H2,1H3;1H. The summed E-state index contributed by atoms with van der Waals surface area (Å²) in [6, 6.07) is -0.177. The number of carbonyl (C=O) groups excluding carboxylic acids is 1. The van der Waals surface area contributed by atoms with Crippen molar-refractivity contribution in [3.8, 4) is 0 Å². The third-order valence-corrected chi connectivity index (χ3v) is 1.72. The molecule has 1 aliphatic carbocycles. The van der Waals surface area contributed by atoms with Gasteiger partial charge < -0.3 is 10.5 Å². The molecule has 0 aliphatic heterocycles. The second-order valence-corrected chi connectivity index (χ2v) is 2.63. The van der Waals surface area contributed by atoms with E-state index in [4.69, 9.17) is 5.73 Å². The van der Waals surface area contributed by atoms with Crippen molar-refractivity contribution in [3.05, 3.63) is 0 Å². The molecule has 0 heterocycles. The molecular formula is C6H11ClFNO2. The molecule has 11 heavy (non-hydrogen) atoms. The molecule has 0 atom stereocenters. The first-order valence-electron chi connectivity index (χ1n) is 3.11. The van der Waals surface area contributed by atoms with Gasteiger partial charge in [-0.05, 0) is 0 Å². The molecule has 0 saturated heterocycles. The fraction of sp³-hybridized carbons (Fsp3) is 0.833. The molecule has 0 aromatic carbocycles. The maximum absolute atomic E-state index is 13.0. The van der Waals surface area contributed by atoms with Crippen molar-refractivity contribution < 1.29 is 13.9 Å². The highest BCUT2D eigenvalue weighted by Gasteiger charge is 2.50. The number of esters is 1. The Balaban J connectivity index is 0.000001000. The Morgan fingerprint density at radius 2 is 2.18 bits per heavy atom. The van der Waals surface area contributed by atoms with E-state index < -0.39 is 11.6 Å². The van der Waals surface area contributed by atoms with Crippen LogP contribution < -0.4 is 5.73 Å². The largest absolute Gasteiger partial charge is 0.467 e. The van der Waals surface area contributed by atoms with E-state index in [9.17, 15) is 9.18 Å². The van der Waals surface area contributed by atoms with Crippen molar-refractivity contribution in [2.24, 2.45) is 5.73 Å². The molecule has 0 bridgehead atoms. The van der Waals surface area contributed by atoms with E-state index in [0.29, 0.717) is 0 Å². The molecule has 0 radical (unpaired) electrons. The molecule has 0 aromatic heterocycles. The van der Waals surface area contributed by atoms with Gasteiger partial charge in [0.05, 0.1) is 7.11 Å². The third kappa shape index (κ3) is 1.81. The van der Waals surface area contributed by atoms with E-state index in [0.717, 1.165) is 0 Å². The Kier molecular flexibility index (Phi) is 3.26. The highest BCUT2D eigenvalue weighted by atomic mass is 35.5. The van der Waals surface area contributed by atoms with Gasteiger partial charge in [0.25, 0.3) is 0 Å². The maximum Gasteiger partial charge on any atom is 0.343 e. The number of hydrogen-bond acceptors (Lipinski definition) is 3. The van der Waals surface area contributed by atoms with E-state index in [1.807, 2.05) is 0 Å². The Bertz CT molecular complexity index is 159. The normalized spacial score (nSPS) is 35.0. The first kappa shape index (κ1) is 10.7. The van der Waals surface area contributed by atoms with E-state index in [1.165, 1.54) is 7.11 Å². The molecule has 0 unspecified atom stereocenters. The lowest BCUT2D eigenvalue weighted by atomic mass is 9.78. The van der Waals surface area contributed by atoms with Crippen molar-refractivity contribution in [2.75, 3.05) is 7.11 Å². The van der Waals surface area contributed by atoms with Crippen LogP contribution in [0.5, 0.6) is 0 Å². The van der Waals surface area contributed by atoms with Crippen LogP contribution in [0, 0.1) is 0 Å². The average Bonchev–Trinajstić information content (AvgIpc) is 1.83. The van der Waals surface area contributed by atoms with Crippen LogP contribution in [-0.4, -0.2) is 24.8 Å². The fourth-order valence-electron chi connectivity index (χ4n) is 1.12. The Hall–Kier alpha value is -0.350. The first-order valence-corrected chi connectivity index (χ1v) is 3.11. The van der Waals surface area contributed by atoms with Gasteiger partial charge in [-0.2, -0.15) is 0 Å². The minimum Gasteiger partial charge on any atom is -0.467 e. The number of carbonyl (C=O) groups is 1. The molecule has 66 valence electrons. The number of hydrogen-bond donors (Lipinski definition) is 1. The quantitative estimate of drug-likeness (QED) is 0.600. The summed E-state index contributed by atoms with van der Waals surface area (Å²) >= 11 is 0. The van der Waals surface area contributed by atoms with Crippen molar-refractivity contribution >= 4 is 18.4 Å². The Labute approximate surface area is 70.5 Å². The topological polar surface area (TPSA) is 52.3 Å². The van der Waals surface area contributed by atoms with Gasteiger partial charge in [-0.25, -0.2) is 9.18 Å². The molecule has 0 spiro atoms. The summed E-state index contributed by atoms with van der Waals surface area (Å²) in [5.41, 5.74) is 3.52. The second kappa shape index (κ2) is 3.36. The van der Waals surface area contributed by atoms with Crippen LogP contribution >= 0.6 is 12.4 Å². The molecule has 5 heteroatoms. The zero-order valence-corrected chi connectivity index (χ0v) is 6.99. The van der Waals surface area contributed by atoms with Crippen LogP contribution in [0.4, 0.5) is 4.39 Å². The summed E-state index contributed by atoms with van der Waals surface area (Å²) < 4.78 is 17.2. The van der Waals surface area contributed by atoms with Gasteiger partial charge in [-0.15, -0.1) is 12.4 Å². The predicted octanol–water partition coefficient (Wildman–Crippen LogP) is 0.411. The SMILES string of the molecule is COC(=O)C1(F)CC(N)C1.Cl. The van der Waals surface area contributed by atoms with Crippen LogP contribution in [0.3, 0.4) is 0 Å². The lowest BCUT2D eigenvalue weighted by Crippen LogP contribution is -2.53. The summed E-state index contributed by atoms with van der Waals surface area (Å²) in [7, 11) is 1.17.